The summed E-state index contributed by atoms with van der Waals surface area (Å²) in [5.74, 6) is 0.339. The smallest absolute Gasteiger partial charge is 0.363 e. The summed E-state index contributed by atoms with van der Waals surface area (Å²) in [4.78, 5) is 26.7. The number of nitrogens with zero attached hydrogens (tertiary/aromatic N) is 2. The summed E-state index contributed by atoms with van der Waals surface area (Å²) in [5, 5.41) is 10.9. The molecular weight excluding hydrogens is 468 g/mol. The quantitative estimate of drug-likeness (QED) is 0.255. The first kappa shape index (κ1) is 20.8. The minimum atomic E-state index is -0.668. The van der Waals surface area contributed by atoms with Gasteiger partial charge < -0.3 is 14.2 Å². The van der Waals surface area contributed by atoms with Crippen LogP contribution in [0, 0.1) is 10.1 Å². The molecule has 2 aromatic rings. The Balaban J connectivity index is 1.97. The highest BCUT2D eigenvalue weighted by Gasteiger charge is 2.26. The van der Waals surface area contributed by atoms with Gasteiger partial charge >= 0.3 is 5.97 Å². The van der Waals surface area contributed by atoms with Crippen LogP contribution in [0.25, 0.3) is 6.08 Å². The number of carbonyl (C=O) groups excluding carboxylic acids is 1. The fourth-order valence-electron chi connectivity index (χ4n) is 2.58. The summed E-state index contributed by atoms with van der Waals surface area (Å²) in [6, 6.07) is 7.26. The molecule has 0 saturated heterocycles. The maximum absolute atomic E-state index is 12.2. The van der Waals surface area contributed by atoms with Gasteiger partial charge in [-0.3, -0.25) is 10.1 Å². The molecule has 0 unspecified atom stereocenters. The van der Waals surface area contributed by atoms with E-state index >= 15 is 0 Å². The SMILES string of the molecule is CCOc1c(Br)cc(C=C2N=C(c3ccc([N+](=O)[O-])cc3Cl)OC2=O)cc1OC. The van der Waals surface area contributed by atoms with Gasteiger partial charge in [0, 0.05) is 12.1 Å². The minimum absolute atomic E-state index is 0.0295. The topological polar surface area (TPSA) is 100 Å². The second-order valence-electron chi connectivity index (χ2n) is 5.72. The molecule has 0 aromatic heterocycles. The van der Waals surface area contributed by atoms with Crippen molar-refractivity contribution in [2.24, 2.45) is 4.99 Å². The van der Waals surface area contributed by atoms with Crippen LogP contribution in [0.1, 0.15) is 18.1 Å². The standard InChI is InChI=1S/C19H14BrClN2O6/c1-3-28-17-13(20)6-10(8-16(17)27-2)7-15-19(24)29-18(22-15)12-5-4-11(23(25)26)9-14(12)21/h4-9H,3H2,1-2H3. The molecule has 0 bridgehead atoms. The molecule has 2 aromatic carbocycles. The van der Waals surface area contributed by atoms with Crippen LogP contribution >= 0.6 is 27.5 Å². The van der Waals surface area contributed by atoms with Crippen molar-refractivity contribution in [1.82, 2.24) is 0 Å². The predicted molar refractivity (Wildman–Crippen MR) is 111 cm³/mol. The Labute approximate surface area is 179 Å². The van der Waals surface area contributed by atoms with E-state index in [9.17, 15) is 14.9 Å². The van der Waals surface area contributed by atoms with Crippen molar-refractivity contribution in [3.05, 3.63) is 66.8 Å². The highest BCUT2D eigenvalue weighted by atomic mass is 79.9. The zero-order valence-electron chi connectivity index (χ0n) is 15.3. The number of nitro groups is 1. The van der Waals surface area contributed by atoms with Crippen molar-refractivity contribution >= 4 is 51.2 Å². The van der Waals surface area contributed by atoms with E-state index in [0.29, 0.717) is 28.1 Å². The van der Waals surface area contributed by atoms with E-state index in [-0.39, 0.29) is 27.9 Å². The Hall–Kier alpha value is -2.91. The lowest BCUT2D eigenvalue weighted by atomic mass is 10.1. The summed E-state index contributed by atoms with van der Waals surface area (Å²) >= 11 is 9.51. The molecule has 3 rings (SSSR count). The first-order valence-electron chi connectivity index (χ1n) is 8.31. The number of hydrogen-bond acceptors (Lipinski definition) is 7. The Morgan fingerprint density at radius 2 is 2.10 bits per heavy atom. The maximum Gasteiger partial charge on any atom is 0.363 e. The van der Waals surface area contributed by atoms with E-state index in [1.165, 1.54) is 31.4 Å². The van der Waals surface area contributed by atoms with Crippen LogP contribution in [-0.4, -0.2) is 30.5 Å². The zero-order chi connectivity index (χ0) is 21.1. The number of carbonyl (C=O) groups is 1. The number of hydrogen-bond donors (Lipinski definition) is 0. The molecular formula is C19H14BrClN2O6. The van der Waals surface area contributed by atoms with Gasteiger partial charge in [0.15, 0.2) is 17.2 Å². The molecule has 0 spiro atoms. The van der Waals surface area contributed by atoms with E-state index in [4.69, 9.17) is 25.8 Å². The fourth-order valence-corrected chi connectivity index (χ4v) is 3.41. The van der Waals surface area contributed by atoms with Crippen molar-refractivity contribution in [3.63, 3.8) is 0 Å². The molecule has 1 heterocycles. The lowest BCUT2D eigenvalue weighted by Gasteiger charge is -2.12. The van der Waals surface area contributed by atoms with Crippen LogP contribution in [0.2, 0.25) is 5.02 Å². The van der Waals surface area contributed by atoms with Gasteiger partial charge in [0.2, 0.25) is 5.90 Å². The number of methoxy groups -OCH3 is 1. The molecule has 0 N–H and O–H groups in total. The van der Waals surface area contributed by atoms with Gasteiger partial charge in [-0.05, 0) is 52.7 Å². The highest BCUT2D eigenvalue weighted by molar-refractivity contribution is 9.10. The molecule has 0 amide bonds. The van der Waals surface area contributed by atoms with E-state index < -0.39 is 10.9 Å². The Bertz CT molecular complexity index is 1070. The van der Waals surface area contributed by atoms with Crippen molar-refractivity contribution < 1.29 is 23.9 Å². The van der Waals surface area contributed by atoms with Crippen LogP contribution in [0.5, 0.6) is 11.5 Å². The number of benzene rings is 2. The lowest BCUT2D eigenvalue weighted by Crippen LogP contribution is -2.06. The second-order valence-corrected chi connectivity index (χ2v) is 6.99. The molecule has 0 radical (unpaired) electrons. The molecule has 1 aliphatic heterocycles. The average molecular weight is 482 g/mol. The Morgan fingerprint density at radius 3 is 2.72 bits per heavy atom. The summed E-state index contributed by atoms with van der Waals surface area (Å²) in [6.07, 6.45) is 1.53. The molecule has 0 aliphatic carbocycles. The van der Waals surface area contributed by atoms with E-state index in [1.54, 1.807) is 12.1 Å². The number of cyclic esters (lactones) is 1. The maximum atomic E-state index is 12.2. The average Bonchev–Trinajstić information content (AvgIpc) is 3.03. The molecule has 1 aliphatic rings. The van der Waals surface area contributed by atoms with E-state index in [1.807, 2.05) is 6.92 Å². The minimum Gasteiger partial charge on any atom is -0.493 e. The number of esters is 1. The number of rotatable bonds is 6. The molecule has 150 valence electrons. The number of non-ortho nitro benzene ring substituents is 1. The van der Waals surface area contributed by atoms with Gasteiger partial charge in [0.05, 0.1) is 33.7 Å². The summed E-state index contributed by atoms with van der Waals surface area (Å²) in [6.45, 7) is 2.32. The van der Waals surface area contributed by atoms with Crippen molar-refractivity contribution in [2.45, 2.75) is 6.92 Å². The molecule has 8 nitrogen and oxygen atoms in total. The number of aliphatic imine (C=N–C) groups is 1. The van der Waals surface area contributed by atoms with Crippen LogP contribution in [0.3, 0.4) is 0 Å². The molecule has 0 saturated carbocycles. The van der Waals surface area contributed by atoms with Crippen LogP contribution in [-0.2, 0) is 9.53 Å². The fraction of sp³-hybridized carbons (Fsp3) is 0.158. The number of ether oxygens (including phenoxy) is 3. The highest BCUT2D eigenvalue weighted by Crippen LogP contribution is 2.37. The lowest BCUT2D eigenvalue weighted by molar-refractivity contribution is -0.384. The van der Waals surface area contributed by atoms with Crippen molar-refractivity contribution in [3.8, 4) is 11.5 Å². The molecule has 29 heavy (non-hydrogen) atoms. The van der Waals surface area contributed by atoms with E-state index in [2.05, 4.69) is 20.9 Å². The third kappa shape index (κ3) is 4.41. The third-order valence-electron chi connectivity index (χ3n) is 3.86. The van der Waals surface area contributed by atoms with Gasteiger partial charge in [0.1, 0.15) is 0 Å². The van der Waals surface area contributed by atoms with Crippen molar-refractivity contribution in [1.29, 1.82) is 0 Å². The summed E-state index contributed by atoms with van der Waals surface area (Å²) in [5.41, 5.74) is 0.779. The number of nitro benzene ring substituents is 1. The van der Waals surface area contributed by atoms with Crippen molar-refractivity contribution in [2.75, 3.05) is 13.7 Å². The van der Waals surface area contributed by atoms with Crippen LogP contribution < -0.4 is 9.47 Å². The third-order valence-corrected chi connectivity index (χ3v) is 4.76. The molecule has 0 fully saturated rings. The largest absolute Gasteiger partial charge is 0.493 e. The summed E-state index contributed by atoms with van der Waals surface area (Å²) in [7, 11) is 1.51. The first-order valence-corrected chi connectivity index (χ1v) is 9.48. The number of halogens is 2. The Kier molecular flexibility index (Phi) is 6.19. The Morgan fingerprint density at radius 1 is 1.34 bits per heavy atom. The van der Waals surface area contributed by atoms with Gasteiger partial charge in [-0.25, -0.2) is 9.79 Å². The van der Waals surface area contributed by atoms with Gasteiger partial charge in [-0.15, -0.1) is 0 Å². The van der Waals surface area contributed by atoms with Crippen LogP contribution in [0.4, 0.5) is 5.69 Å². The van der Waals surface area contributed by atoms with Gasteiger partial charge in [-0.1, -0.05) is 11.6 Å². The monoisotopic (exact) mass is 480 g/mol. The second kappa shape index (κ2) is 8.62. The zero-order valence-corrected chi connectivity index (χ0v) is 17.6. The first-order chi connectivity index (χ1) is 13.8. The normalized spacial score (nSPS) is 14.6. The van der Waals surface area contributed by atoms with E-state index in [0.717, 1.165) is 0 Å². The van der Waals surface area contributed by atoms with Crippen LogP contribution in [0.15, 0.2) is 45.5 Å². The summed E-state index contributed by atoms with van der Waals surface area (Å²) < 4.78 is 16.7. The molecule has 10 heteroatoms. The predicted octanol–water partition coefficient (Wildman–Crippen LogP) is 4.76. The van der Waals surface area contributed by atoms with Gasteiger partial charge in [-0.2, -0.15) is 0 Å². The van der Waals surface area contributed by atoms with Gasteiger partial charge in [0.25, 0.3) is 5.69 Å². The molecule has 0 atom stereocenters.